The fourth-order valence-electron chi connectivity index (χ4n) is 2.93. The summed E-state index contributed by atoms with van der Waals surface area (Å²) in [6.45, 7) is 11.0. The number of oxazole rings is 1. The Kier molecular flexibility index (Phi) is 5.55. The first-order valence-electron chi connectivity index (χ1n) is 9.05. The lowest BCUT2D eigenvalue weighted by Gasteiger charge is -2.22. The Morgan fingerprint density at radius 1 is 1.15 bits per heavy atom. The van der Waals surface area contributed by atoms with E-state index >= 15 is 0 Å². The molecule has 0 saturated heterocycles. The van der Waals surface area contributed by atoms with Crippen molar-refractivity contribution >= 4 is 5.91 Å². The van der Waals surface area contributed by atoms with E-state index in [0.717, 1.165) is 11.1 Å². The van der Waals surface area contributed by atoms with Gasteiger partial charge < -0.3 is 9.32 Å². The molecule has 4 nitrogen and oxygen atoms in total. The van der Waals surface area contributed by atoms with Gasteiger partial charge in [-0.05, 0) is 32.9 Å². The third-order valence-electron chi connectivity index (χ3n) is 4.36. The zero-order chi connectivity index (χ0) is 19.4. The van der Waals surface area contributed by atoms with Crippen molar-refractivity contribution in [3.8, 4) is 22.8 Å². The van der Waals surface area contributed by atoms with Crippen LogP contribution in [0.5, 0.6) is 0 Å². The number of hydrogen-bond acceptors (Lipinski definition) is 3. The monoisotopic (exact) mass is 360 g/mol. The highest BCUT2D eigenvalue weighted by atomic mass is 16.4. The highest BCUT2D eigenvalue weighted by Gasteiger charge is 2.20. The van der Waals surface area contributed by atoms with Crippen LogP contribution in [0.4, 0.5) is 0 Å². The van der Waals surface area contributed by atoms with Crippen molar-refractivity contribution in [2.75, 3.05) is 13.1 Å². The van der Waals surface area contributed by atoms with E-state index in [1.165, 1.54) is 5.56 Å². The van der Waals surface area contributed by atoms with Crippen molar-refractivity contribution in [2.24, 2.45) is 0 Å². The molecule has 0 saturated carbocycles. The number of benzene rings is 2. The minimum Gasteiger partial charge on any atom is -0.436 e. The van der Waals surface area contributed by atoms with E-state index in [1.54, 1.807) is 11.1 Å². The average molecular weight is 360 g/mol. The molecule has 3 rings (SSSR count). The van der Waals surface area contributed by atoms with Crippen LogP contribution in [-0.2, 0) is 0 Å². The molecule has 1 aromatic heterocycles. The Morgan fingerprint density at radius 3 is 2.52 bits per heavy atom. The van der Waals surface area contributed by atoms with E-state index in [0.29, 0.717) is 35.9 Å². The first-order chi connectivity index (χ1) is 13.0. The smallest absolute Gasteiger partial charge is 0.254 e. The maximum absolute atomic E-state index is 13.0. The molecule has 0 aliphatic heterocycles. The predicted molar refractivity (Wildman–Crippen MR) is 109 cm³/mol. The third-order valence-corrected chi connectivity index (χ3v) is 4.36. The van der Waals surface area contributed by atoms with Crippen LogP contribution in [0.1, 0.15) is 29.8 Å². The zero-order valence-corrected chi connectivity index (χ0v) is 16.0. The first kappa shape index (κ1) is 18.6. The summed E-state index contributed by atoms with van der Waals surface area (Å²) in [4.78, 5) is 19.2. The molecule has 0 atom stereocenters. The predicted octanol–water partition coefficient (Wildman–Crippen LogP) is 5.36. The standard InChI is InChI=1S/C23H24N2O2/c1-5-25(15-16(2)3)23(26)20-9-7-6-8-19(20)22-24-14-21(27-22)18-12-10-17(4)11-13-18/h6-14H,2,5,15H2,1,3-4H3. The summed E-state index contributed by atoms with van der Waals surface area (Å²) in [5, 5.41) is 0. The van der Waals surface area contributed by atoms with E-state index in [-0.39, 0.29) is 5.91 Å². The van der Waals surface area contributed by atoms with Crippen LogP contribution < -0.4 is 0 Å². The normalized spacial score (nSPS) is 10.6. The highest BCUT2D eigenvalue weighted by Crippen LogP contribution is 2.29. The molecule has 0 fully saturated rings. The minimum atomic E-state index is -0.0498. The Bertz CT molecular complexity index is 955. The van der Waals surface area contributed by atoms with Gasteiger partial charge in [-0.3, -0.25) is 4.79 Å². The SMILES string of the molecule is C=C(C)CN(CC)C(=O)c1ccccc1-c1ncc(-c2ccc(C)cc2)o1. The Hall–Kier alpha value is -3.14. The molecule has 138 valence electrons. The fraction of sp³-hybridized carbons (Fsp3) is 0.217. The number of carbonyl (C=O) groups excluding carboxylic acids is 1. The van der Waals surface area contributed by atoms with Crippen molar-refractivity contribution in [1.82, 2.24) is 9.88 Å². The number of aromatic nitrogens is 1. The molecule has 0 aliphatic rings. The average Bonchev–Trinajstić information content (AvgIpc) is 3.16. The molecule has 3 aromatic rings. The number of amides is 1. The Balaban J connectivity index is 1.96. The van der Waals surface area contributed by atoms with Crippen LogP contribution in [0.25, 0.3) is 22.8 Å². The van der Waals surface area contributed by atoms with Crippen molar-refractivity contribution in [3.63, 3.8) is 0 Å². The molecule has 4 heteroatoms. The second-order valence-electron chi connectivity index (χ2n) is 6.72. The second-order valence-corrected chi connectivity index (χ2v) is 6.72. The molecule has 0 N–H and O–H groups in total. The van der Waals surface area contributed by atoms with E-state index in [4.69, 9.17) is 4.42 Å². The van der Waals surface area contributed by atoms with Crippen LogP contribution in [0.2, 0.25) is 0 Å². The van der Waals surface area contributed by atoms with E-state index in [9.17, 15) is 4.79 Å². The van der Waals surface area contributed by atoms with Crippen molar-refractivity contribution in [1.29, 1.82) is 0 Å². The molecular weight excluding hydrogens is 336 g/mol. The molecule has 0 unspecified atom stereocenters. The summed E-state index contributed by atoms with van der Waals surface area (Å²) in [7, 11) is 0. The third kappa shape index (κ3) is 4.17. The van der Waals surface area contributed by atoms with Gasteiger partial charge in [-0.1, -0.05) is 54.1 Å². The van der Waals surface area contributed by atoms with Crippen LogP contribution in [-0.4, -0.2) is 28.9 Å². The van der Waals surface area contributed by atoms with Crippen molar-refractivity contribution in [3.05, 3.63) is 78.0 Å². The number of nitrogens with zero attached hydrogens (tertiary/aromatic N) is 2. The van der Waals surface area contributed by atoms with Gasteiger partial charge in [-0.25, -0.2) is 4.98 Å². The number of hydrogen-bond donors (Lipinski definition) is 0. The molecule has 0 aliphatic carbocycles. The van der Waals surface area contributed by atoms with Crippen LogP contribution in [0.3, 0.4) is 0 Å². The highest BCUT2D eigenvalue weighted by molar-refractivity contribution is 6.00. The molecule has 1 heterocycles. The quantitative estimate of drug-likeness (QED) is 0.556. The first-order valence-corrected chi connectivity index (χ1v) is 9.05. The maximum atomic E-state index is 13.0. The topological polar surface area (TPSA) is 46.3 Å². The summed E-state index contributed by atoms with van der Waals surface area (Å²) in [6.07, 6.45) is 1.70. The number of carbonyl (C=O) groups is 1. The molecule has 0 bridgehead atoms. The van der Waals surface area contributed by atoms with Gasteiger partial charge in [0.25, 0.3) is 5.91 Å². The summed E-state index contributed by atoms with van der Waals surface area (Å²) < 4.78 is 5.98. The lowest BCUT2D eigenvalue weighted by molar-refractivity contribution is 0.0779. The van der Waals surface area contributed by atoms with Crippen molar-refractivity contribution in [2.45, 2.75) is 20.8 Å². The van der Waals surface area contributed by atoms with Crippen molar-refractivity contribution < 1.29 is 9.21 Å². The molecule has 1 amide bonds. The number of aryl methyl sites for hydroxylation is 1. The van der Waals surface area contributed by atoms with E-state index in [1.807, 2.05) is 69.3 Å². The minimum absolute atomic E-state index is 0.0498. The lowest BCUT2D eigenvalue weighted by Crippen LogP contribution is -2.32. The molecule has 2 aromatic carbocycles. The largest absolute Gasteiger partial charge is 0.436 e. The lowest BCUT2D eigenvalue weighted by atomic mass is 10.1. The summed E-state index contributed by atoms with van der Waals surface area (Å²) in [5.41, 5.74) is 4.37. The molecular formula is C23H24N2O2. The van der Waals surface area contributed by atoms with Gasteiger partial charge in [-0.15, -0.1) is 0 Å². The number of likely N-dealkylation sites (N-methyl/N-ethyl adjacent to an activating group) is 1. The van der Waals surface area contributed by atoms with E-state index < -0.39 is 0 Å². The van der Waals surface area contributed by atoms with Gasteiger partial charge in [0.15, 0.2) is 5.76 Å². The Labute approximate surface area is 160 Å². The Morgan fingerprint density at radius 2 is 1.85 bits per heavy atom. The van der Waals surface area contributed by atoms with Gasteiger partial charge in [0.1, 0.15) is 0 Å². The summed E-state index contributed by atoms with van der Waals surface area (Å²) in [5.74, 6) is 1.08. The van der Waals surface area contributed by atoms with Crippen LogP contribution in [0, 0.1) is 6.92 Å². The van der Waals surface area contributed by atoms with Gasteiger partial charge >= 0.3 is 0 Å². The molecule has 0 radical (unpaired) electrons. The van der Waals surface area contributed by atoms with Crippen LogP contribution >= 0.6 is 0 Å². The second kappa shape index (κ2) is 8.04. The zero-order valence-electron chi connectivity index (χ0n) is 16.0. The van der Waals surface area contributed by atoms with Gasteiger partial charge in [0.2, 0.25) is 5.89 Å². The van der Waals surface area contributed by atoms with Gasteiger partial charge in [-0.2, -0.15) is 0 Å². The van der Waals surface area contributed by atoms with Gasteiger partial charge in [0.05, 0.1) is 11.8 Å². The van der Waals surface area contributed by atoms with Gasteiger partial charge in [0, 0.05) is 24.2 Å². The van der Waals surface area contributed by atoms with E-state index in [2.05, 4.69) is 11.6 Å². The van der Waals surface area contributed by atoms with Crippen LogP contribution in [0.15, 0.2) is 71.3 Å². The summed E-state index contributed by atoms with van der Waals surface area (Å²) in [6, 6.07) is 15.5. The number of rotatable bonds is 6. The molecule has 0 spiro atoms. The molecule has 27 heavy (non-hydrogen) atoms. The summed E-state index contributed by atoms with van der Waals surface area (Å²) >= 11 is 0. The fourth-order valence-corrected chi connectivity index (χ4v) is 2.93. The maximum Gasteiger partial charge on any atom is 0.254 e.